The highest BCUT2D eigenvalue weighted by molar-refractivity contribution is 5.80. The Hall–Kier alpha value is -2.10. The van der Waals surface area contributed by atoms with E-state index in [4.69, 9.17) is 0 Å². The zero-order chi connectivity index (χ0) is 11.4. The summed E-state index contributed by atoms with van der Waals surface area (Å²) in [6.07, 6.45) is 3.54. The first-order valence-corrected chi connectivity index (χ1v) is 5.12. The van der Waals surface area contributed by atoms with E-state index in [-0.39, 0.29) is 0 Å². The van der Waals surface area contributed by atoms with Crippen molar-refractivity contribution in [3.8, 4) is 11.4 Å². The summed E-state index contributed by atoms with van der Waals surface area (Å²) in [5, 5.41) is 6.23. The molecule has 4 heteroatoms. The molecule has 0 saturated heterocycles. The lowest BCUT2D eigenvalue weighted by Gasteiger charge is -2.10. The minimum Gasteiger partial charge on any atom is -0.386 e. The molecule has 82 valence electrons. The molecule has 2 aromatic rings. The molecule has 0 aliphatic heterocycles. The molecule has 16 heavy (non-hydrogen) atoms. The molecule has 0 unspecified atom stereocenters. The second-order valence-electron chi connectivity index (χ2n) is 3.30. The molecule has 0 aliphatic rings. The Bertz CT molecular complexity index is 436. The maximum atomic E-state index is 4.36. The van der Waals surface area contributed by atoms with Crippen LogP contribution in [0.5, 0.6) is 0 Å². The van der Waals surface area contributed by atoms with Crippen LogP contribution in [-0.2, 0) is 0 Å². The van der Waals surface area contributed by atoms with Gasteiger partial charge in [0.25, 0.3) is 0 Å². The highest BCUT2D eigenvalue weighted by Gasteiger charge is 2.09. The summed E-state index contributed by atoms with van der Waals surface area (Å²) in [6.45, 7) is 0. The topological polar surface area (TPSA) is 49.8 Å². The van der Waals surface area contributed by atoms with Crippen molar-refractivity contribution >= 4 is 11.4 Å². The average molecular weight is 214 g/mol. The van der Waals surface area contributed by atoms with Crippen molar-refractivity contribution in [1.29, 1.82) is 0 Å². The van der Waals surface area contributed by atoms with Gasteiger partial charge >= 0.3 is 0 Å². The van der Waals surface area contributed by atoms with E-state index in [0.29, 0.717) is 0 Å². The van der Waals surface area contributed by atoms with Crippen LogP contribution in [0.4, 0.5) is 11.4 Å². The lowest BCUT2D eigenvalue weighted by Crippen LogP contribution is -1.99. The molecule has 0 fully saturated rings. The number of hydrogen-bond acceptors (Lipinski definition) is 4. The Morgan fingerprint density at radius 2 is 1.25 bits per heavy atom. The van der Waals surface area contributed by atoms with Crippen molar-refractivity contribution in [3.05, 3.63) is 36.7 Å². The smallest absolute Gasteiger partial charge is 0.114 e. The second kappa shape index (κ2) is 4.61. The van der Waals surface area contributed by atoms with Crippen LogP contribution in [0.1, 0.15) is 0 Å². The number of anilines is 2. The molecule has 0 aromatic carbocycles. The van der Waals surface area contributed by atoms with Crippen LogP contribution < -0.4 is 10.6 Å². The highest BCUT2D eigenvalue weighted by Crippen LogP contribution is 2.28. The van der Waals surface area contributed by atoms with Crippen LogP contribution in [0.25, 0.3) is 11.4 Å². The van der Waals surface area contributed by atoms with Crippen LogP contribution in [0.3, 0.4) is 0 Å². The largest absolute Gasteiger partial charge is 0.386 e. The number of hydrogen-bond donors (Lipinski definition) is 2. The monoisotopic (exact) mass is 214 g/mol. The fourth-order valence-corrected chi connectivity index (χ4v) is 1.59. The predicted octanol–water partition coefficient (Wildman–Crippen LogP) is 2.23. The van der Waals surface area contributed by atoms with Gasteiger partial charge in [-0.05, 0) is 24.3 Å². The summed E-state index contributed by atoms with van der Waals surface area (Å²) < 4.78 is 0. The first kappa shape index (κ1) is 10.4. The van der Waals surface area contributed by atoms with Crippen LogP contribution >= 0.6 is 0 Å². The van der Waals surface area contributed by atoms with E-state index in [0.717, 1.165) is 22.8 Å². The van der Waals surface area contributed by atoms with Gasteiger partial charge in [0.1, 0.15) is 11.4 Å². The molecule has 0 spiro atoms. The standard InChI is InChI=1S/C12H14N4/c1-13-9-5-3-7-15-11(9)12-10(14-2)6-4-8-16-12/h3-8,13-14H,1-2H3. The molecular formula is C12H14N4. The first-order valence-electron chi connectivity index (χ1n) is 5.12. The molecule has 0 bridgehead atoms. The van der Waals surface area contributed by atoms with E-state index in [9.17, 15) is 0 Å². The van der Waals surface area contributed by atoms with Crippen LogP contribution in [0, 0.1) is 0 Å². The van der Waals surface area contributed by atoms with Gasteiger partial charge in [0, 0.05) is 26.5 Å². The van der Waals surface area contributed by atoms with Gasteiger partial charge in [-0.2, -0.15) is 0 Å². The molecule has 2 aromatic heterocycles. The van der Waals surface area contributed by atoms with E-state index < -0.39 is 0 Å². The normalized spacial score (nSPS) is 9.88. The van der Waals surface area contributed by atoms with Gasteiger partial charge in [0.2, 0.25) is 0 Å². The molecular weight excluding hydrogens is 200 g/mol. The fraction of sp³-hybridized carbons (Fsp3) is 0.167. The quantitative estimate of drug-likeness (QED) is 0.822. The highest BCUT2D eigenvalue weighted by atomic mass is 14.9. The zero-order valence-corrected chi connectivity index (χ0v) is 9.36. The molecule has 0 radical (unpaired) electrons. The number of nitrogens with zero attached hydrogens (tertiary/aromatic N) is 2. The van der Waals surface area contributed by atoms with Crippen LogP contribution in [0.15, 0.2) is 36.7 Å². The minimum atomic E-state index is 0.856. The number of pyridine rings is 2. The van der Waals surface area contributed by atoms with Crippen molar-refractivity contribution < 1.29 is 0 Å². The van der Waals surface area contributed by atoms with E-state index in [1.165, 1.54) is 0 Å². The lowest BCUT2D eigenvalue weighted by atomic mass is 10.2. The van der Waals surface area contributed by atoms with Crippen LogP contribution in [-0.4, -0.2) is 24.1 Å². The number of nitrogens with one attached hydrogen (secondary N) is 2. The van der Waals surface area contributed by atoms with Gasteiger partial charge < -0.3 is 10.6 Å². The average Bonchev–Trinajstić information content (AvgIpc) is 2.38. The Kier molecular flexibility index (Phi) is 3.00. The Morgan fingerprint density at radius 3 is 1.62 bits per heavy atom. The molecule has 0 aliphatic carbocycles. The summed E-state index contributed by atoms with van der Waals surface area (Å²) in [5.41, 5.74) is 3.65. The van der Waals surface area contributed by atoms with Gasteiger partial charge in [-0.15, -0.1) is 0 Å². The Labute approximate surface area is 94.8 Å². The summed E-state index contributed by atoms with van der Waals surface area (Å²) in [7, 11) is 3.75. The molecule has 2 N–H and O–H groups in total. The van der Waals surface area contributed by atoms with E-state index in [2.05, 4.69) is 20.6 Å². The Morgan fingerprint density at radius 1 is 0.812 bits per heavy atom. The minimum absolute atomic E-state index is 0.856. The molecule has 0 atom stereocenters. The molecule has 2 heterocycles. The maximum Gasteiger partial charge on any atom is 0.114 e. The molecule has 4 nitrogen and oxygen atoms in total. The summed E-state index contributed by atoms with van der Waals surface area (Å²) in [5.74, 6) is 0. The van der Waals surface area contributed by atoms with Gasteiger partial charge in [-0.3, -0.25) is 9.97 Å². The van der Waals surface area contributed by atoms with E-state index in [1.54, 1.807) is 12.4 Å². The third-order valence-electron chi connectivity index (χ3n) is 2.38. The Balaban J connectivity index is 2.58. The van der Waals surface area contributed by atoms with Crippen molar-refractivity contribution in [2.75, 3.05) is 24.7 Å². The van der Waals surface area contributed by atoms with Crippen molar-refractivity contribution in [1.82, 2.24) is 9.97 Å². The van der Waals surface area contributed by atoms with Gasteiger partial charge in [0.05, 0.1) is 11.4 Å². The SMILES string of the molecule is CNc1cccnc1-c1ncccc1NC. The third-order valence-corrected chi connectivity index (χ3v) is 2.38. The second-order valence-corrected chi connectivity index (χ2v) is 3.30. The summed E-state index contributed by atoms with van der Waals surface area (Å²) in [4.78, 5) is 8.73. The van der Waals surface area contributed by atoms with Crippen LogP contribution in [0.2, 0.25) is 0 Å². The van der Waals surface area contributed by atoms with E-state index >= 15 is 0 Å². The molecule has 0 saturated carbocycles. The number of aromatic nitrogens is 2. The predicted molar refractivity (Wildman–Crippen MR) is 66.6 cm³/mol. The van der Waals surface area contributed by atoms with Crippen molar-refractivity contribution in [3.63, 3.8) is 0 Å². The van der Waals surface area contributed by atoms with Crippen molar-refractivity contribution in [2.45, 2.75) is 0 Å². The molecule has 0 amide bonds. The van der Waals surface area contributed by atoms with E-state index in [1.807, 2.05) is 38.4 Å². The fourth-order valence-electron chi connectivity index (χ4n) is 1.59. The summed E-state index contributed by atoms with van der Waals surface area (Å²) >= 11 is 0. The third kappa shape index (κ3) is 1.82. The lowest BCUT2D eigenvalue weighted by molar-refractivity contribution is 1.23. The summed E-state index contributed by atoms with van der Waals surface area (Å²) in [6, 6.07) is 7.77. The molecule has 2 rings (SSSR count). The van der Waals surface area contributed by atoms with Gasteiger partial charge in [-0.25, -0.2) is 0 Å². The van der Waals surface area contributed by atoms with Gasteiger partial charge in [0.15, 0.2) is 0 Å². The van der Waals surface area contributed by atoms with Crippen molar-refractivity contribution in [2.24, 2.45) is 0 Å². The number of rotatable bonds is 3. The first-order chi connectivity index (χ1) is 7.86. The zero-order valence-electron chi connectivity index (χ0n) is 9.36. The maximum absolute atomic E-state index is 4.36. The van der Waals surface area contributed by atoms with Gasteiger partial charge in [-0.1, -0.05) is 0 Å².